The van der Waals surface area contributed by atoms with Gasteiger partial charge in [-0.15, -0.1) is 0 Å². The van der Waals surface area contributed by atoms with Crippen LogP contribution >= 0.6 is 0 Å². The van der Waals surface area contributed by atoms with Gasteiger partial charge in [0.05, 0.1) is 0 Å². The number of halogens is 1. The molecule has 0 radical (unpaired) electrons. The van der Waals surface area contributed by atoms with Crippen molar-refractivity contribution in [3.8, 4) is 5.75 Å². The van der Waals surface area contributed by atoms with Gasteiger partial charge in [0.2, 0.25) is 0 Å². The molecule has 0 saturated carbocycles. The van der Waals surface area contributed by atoms with E-state index in [1.165, 1.54) is 5.56 Å². The van der Waals surface area contributed by atoms with E-state index in [1.807, 2.05) is 18.2 Å². The van der Waals surface area contributed by atoms with Crippen LogP contribution in [0.15, 0.2) is 24.3 Å². The third kappa shape index (κ3) is 2.72. The fourth-order valence-electron chi connectivity index (χ4n) is 1.41. The zero-order valence-electron chi connectivity index (χ0n) is 9.20. The first-order valence-corrected chi connectivity index (χ1v) is 8.09. The van der Waals surface area contributed by atoms with E-state index in [0.717, 1.165) is 21.8 Å². The van der Waals surface area contributed by atoms with Crippen LogP contribution in [0, 0.1) is 3.83 Å². The SMILES string of the molecule is COc1cccc(Cc2nc([I-]C)n[nH]2)c1. The molecule has 16 heavy (non-hydrogen) atoms. The van der Waals surface area contributed by atoms with Crippen molar-refractivity contribution in [2.45, 2.75) is 6.42 Å². The molecule has 5 heteroatoms. The van der Waals surface area contributed by atoms with E-state index >= 15 is 0 Å². The summed E-state index contributed by atoms with van der Waals surface area (Å²) in [6.45, 7) is 0. The summed E-state index contributed by atoms with van der Waals surface area (Å²) < 4.78 is 6.15. The molecule has 0 amide bonds. The van der Waals surface area contributed by atoms with Gasteiger partial charge in [-0.1, -0.05) is 0 Å². The van der Waals surface area contributed by atoms with E-state index in [4.69, 9.17) is 4.74 Å². The van der Waals surface area contributed by atoms with Crippen molar-refractivity contribution in [2.75, 3.05) is 12.0 Å². The number of H-pyrrole nitrogens is 1. The standard InChI is InChI=1S/C11H13IN3O/c1-12-11-13-10(14-15-11)7-8-4-3-5-9(6-8)16-2/h3-6H,7H2,1-2H3,(H,13,14,15)/q-1. The van der Waals surface area contributed by atoms with Crippen molar-refractivity contribution in [1.29, 1.82) is 0 Å². The van der Waals surface area contributed by atoms with Crippen molar-refractivity contribution in [1.82, 2.24) is 15.2 Å². The number of nitrogens with one attached hydrogen (secondary N) is 1. The van der Waals surface area contributed by atoms with Crippen LogP contribution in [0.25, 0.3) is 0 Å². The topological polar surface area (TPSA) is 50.8 Å². The molecule has 0 bridgehead atoms. The molecule has 0 unspecified atom stereocenters. The number of methoxy groups -OCH3 is 1. The first-order chi connectivity index (χ1) is 7.81. The van der Waals surface area contributed by atoms with E-state index in [1.54, 1.807) is 7.11 Å². The Morgan fingerprint density at radius 3 is 3.00 bits per heavy atom. The second-order valence-corrected chi connectivity index (χ2v) is 5.31. The van der Waals surface area contributed by atoms with Crippen LogP contribution in [0.1, 0.15) is 11.4 Å². The average Bonchev–Trinajstić information content (AvgIpc) is 2.77. The summed E-state index contributed by atoms with van der Waals surface area (Å²) in [7, 11) is 1.67. The Balaban J connectivity index is 2.13. The van der Waals surface area contributed by atoms with Gasteiger partial charge in [-0.3, -0.25) is 0 Å². The molecule has 0 aliphatic heterocycles. The molecule has 1 heterocycles. The van der Waals surface area contributed by atoms with E-state index in [-0.39, 0.29) is 21.2 Å². The molecule has 0 saturated heterocycles. The van der Waals surface area contributed by atoms with Gasteiger partial charge in [-0.2, -0.15) is 0 Å². The summed E-state index contributed by atoms with van der Waals surface area (Å²) in [4.78, 5) is 6.57. The summed E-state index contributed by atoms with van der Waals surface area (Å²) in [6, 6.07) is 8.00. The maximum atomic E-state index is 5.18. The van der Waals surface area contributed by atoms with Crippen LogP contribution in [0.2, 0.25) is 0 Å². The minimum atomic E-state index is -0.0338. The molecule has 86 valence electrons. The number of ether oxygens (including phenoxy) is 1. The molecule has 0 atom stereocenters. The summed E-state index contributed by atoms with van der Waals surface area (Å²) in [6.07, 6.45) is 0.772. The molecule has 4 nitrogen and oxygen atoms in total. The van der Waals surface area contributed by atoms with Gasteiger partial charge < -0.3 is 0 Å². The van der Waals surface area contributed by atoms with E-state index in [2.05, 4.69) is 26.2 Å². The Labute approximate surface area is 105 Å². The zero-order chi connectivity index (χ0) is 11.4. The van der Waals surface area contributed by atoms with Crippen molar-refractivity contribution in [3.05, 3.63) is 39.5 Å². The first-order valence-electron chi connectivity index (χ1n) is 4.85. The third-order valence-electron chi connectivity index (χ3n) is 2.18. The fraction of sp³-hybridized carbons (Fsp3) is 0.273. The molecule has 1 aromatic carbocycles. The first kappa shape index (κ1) is 11.4. The second-order valence-electron chi connectivity index (χ2n) is 3.27. The van der Waals surface area contributed by atoms with Crippen LogP contribution in [0.3, 0.4) is 0 Å². The van der Waals surface area contributed by atoms with Gasteiger partial charge in [-0.05, 0) is 0 Å². The summed E-state index contributed by atoms with van der Waals surface area (Å²) >= 11 is -0.0338. The number of hydrogen-bond donors (Lipinski definition) is 1. The Morgan fingerprint density at radius 1 is 1.44 bits per heavy atom. The molecule has 2 rings (SSSR count). The fourth-order valence-corrected chi connectivity index (χ4v) is 2.31. The molecular formula is C11H13IN3O-. The van der Waals surface area contributed by atoms with Gasteiger partial charge in [-0.25, -0.2) is 0 Å². The summed E-state index contributed by atoms with van der Waals surface area (Å²) in [5, 5.41) is 7.12. The van der Waals surface area contributed by atoms with Crippen LogP contribution in [-0.4, -0.2) is 27.2 Å². The zero-order valence-corrected chi connectivity index (χ0v) is 11.4. The summed E-state index contributed by atoms with van der Waals surface area (Å²) in [5.74, 6) is 1.80. The minimum absolute atomic E-state index is 0.0338. The van der Waals surface area contributed by atoms with Gasteiger partial charge in [0, 0.05) is 0 Å². The maximum absolute atomic E-state index is 5.18. The molecule has 1 N–H and O–H groups in total. The molecule has 0 aliphatic rings. The van der Waals surface area contributed by atoms with Crippen molar-refractivity contribution in [3.63, 3.8) is 0 Å². The van der Waals surface area contributed by atoms with Crippen LogP contribution in [-0.2, 0) is 6.42 Å². The van der Waals surface area contributed by atoms with Crippen LogP contribution < -0.4 is 25.9 Å². The number of alkyl halides is 1. The van der Waals surface area contributed by atoms with Gasteiger partial charge in [0.15, 0.2) is 0 Å². The Kier molecular flexibility index (Phi) is 3.76. The van der Waals surface area contributed by atoms with E-state index in [9.17, 15) is 0 Å². The van der Waals surface area contributed by atoms with E-state index in [0.29, 0.717) is 0 Å². The Hall–Kier alpha value is -1.11. The number of rotatable bonds is 4. The van der Waals surface area contributed by atoms with Crippen LogP contribution in [0.4, 0.5) is 0 Å². The average molecular weight is 330 g/mol. The summed E-state index contributed by atoms with van der Waals surface area (Å²) in [5.41, 5.74) is 1.18. The monoisotopic (exact) mass is 330 g/mol. The Morgan fingerprint density at radius 2 is 2.31 bits per heavy atom. The number of benzene rings is 1. The number of aromatic amines is 1. The predicted octanol–water partition coefficient (Wildman–Crippen LogP) is -1.71. The van der Waals surface area contributed by atoms with Gasteiger partial charge in [0.1, 0.15) is 0 Å². The molecule has 1 aromatic heterocycles. The van der Waals surface area contributed by atoms with E-state index < -0.39 is 0 Å². The van der Waals surface area contributed by atoms with Crippen molar-refractivity contribution < 1.29 is 25.9 Å². The molecule has 0 fully saturated rings. The number of aromatic nitrogens is 3. The normalized spacial score (nSPS) is 10.6. The molecule has 0 spiro atoms. The second kappa shape index (κ2) is 5.29. The Bertz CT molecular complexity index is 470. The molecular weight excluding hydrogens is 317 g/mol. The predicted molar refractivity (Wildman–Crippen MR) is 56.8 cm³/mol. The molecule has 0 aliphatic carbocycles. The molecule has 2 aromatic rings. The van der Waals surface area contributed by atoms with Crippen molar-refractivity contribution >= 4 is 0 Å². The van der Waals surface area contributed by atoms with Crippen LogP contribution in [0.5, 0.6) is 5.75 Å². The third-order valence-corrected chi connectivity index (χ3v) is 3.63. The van der Waals surface area contributed by atoms with Gasteiger partial charge >= 0.3 is 105 Å². The van der Waals surface area contributed by atoms with Crippen molar-refractivity contribution in [2.24, 2.45) is 0 Å². The van der Waals surface area contributed by atoms with Gasteiger partial charge in [0.25, 0.3) is 0 Å². The number of nitrogens with zero attached hydrogens (tertiary/aromatic N) is 2. The quantitative estimate of drug-likeness (QED) is 0.537. The number of hydrogen-bond acceptors (Lipinski definition) is 3.